The van der Waals surface area contributed by atoms with E-state index in [2.05, 4.69) is 20.2 Å². The van der Waals surface area contributed by atoms with Crippen LogP contribution in [-0.4, -0.2) is 24.4 Å². The summed E-state index contributed by atoms with van der Waals surface area (Å²) >= 11 is 5.84. The summed E-state index contributed by atoms with van der Waals surface area (Å²) in [5, 5.41) is 11.6. The van der Waals surface area contributed by atoms with Gasteiger partial charge in [0.2, 0.25) is 10.0 Å². The molecule has 0 bridgehead atoms. The molecular weight excluding hydrogens is 372 g/mol. The standard InChI is InChI=1S/C18H17ClN4O2S/c19-15-6-8-16(9-7-15)20-17-10-11-18(22-21-17)23-26(24,25)13-12-14-4-2-1-3-5-14/h1-11H,12-13H2,(H,20,21)(H,22,23). The maximum Gasteiger partial charge on any atom is 0.234 e. The van der Waals surface area contributed by atoms with E-state index in [1.54, 1.807) is 24.3 Å². The second-order valence-electron chi connectivity index (χ2n) is 5.59. The molecule has 6 nitrogen and oxygen atoms in total. The lowest BCUT2D eigenvalue weighted by atomic mass is 10.2. The Bertz CT molecular complexity index is 947. The first-order valence-electron chi connectivity index (χ1n) is 7.91. The van der Waals surface area contributed by atoms with Gasteiger partial charge in [0.15, 0.2) is 11.6 Å². The van der Waals surface area contributed by atoms with Crippen LogP contribution in [0.2, 0.25) is 5.02 Å². The van der Waals surface area contributed by atoms with E-state index in [1.807, 2.05) is 42.5 Å². The predicted molar refractivity (Wildman–Crippen MR) is 104 cm³/mol. The highest BCUT2D eigenvalue weighted by Gasteiger charge is 2.12. The molecule has 0 fully saturated rings. The molecule has 0 unspecified atom stereocenters. The van der Waals surface area contributed by atoms with Gasteiger partial charge in [-0.2, -0.15) is 0 Å². The van der Waals surface area contributed by atoms with Gasteiger partial charge >= 0.3 is 0 Å². The fourth-order valence-corrected chi connectivity index (χ4v) is 3.40. The summed E-state index contributed by atoms with van der Waals surface area (Å²) in [5.41, 5.74) is 1.77. The van der Waals surface area contributed by atoms with Crippen molar-refractivity contribution in [1.29, 1.82) is 0 Å². The van der Waals surface area contributed by atoms with Gasteiger partial charge in [0, 0.05) is 10.7 Å². The van der Waals surface area contributed by atoms with Crippen molar-refractivity contribution in [1.82, 2.24) is 10.2 Å². The molecule has 2 N–H and O–H groups in total. The number of sulfonamides is 1. The molecule has 26 heavy (non-hydrogen) atoms. The van der Waals surface area contributed by atoms with E-state index in [0.717, 1.165) is 11.3 Å². The van der Waals surface area contributed by atoms with E-state index in [-0.39, 0.29) is 11.6 Å². The Morgan fingerprint density at radius 2 is 1.50 bits per heavy atom. The average molecular weight is 389 g/mol. The van der Waals surface area contributed by atoms with Gasteiger partial charge in [-0.3, -0.25) is 4.72 Å². The van der Waals surface area contributed by atoms with Crippen molar-refractivity contribution < 1.29 is 8.42 Å². The number of aromatic nitrogens is 2. The predicted octanol–water partition coefficient (Wildman–Crippen LogP) is 3.86. The van der Waals surface area contributed by atoms with Crippen LogP contribution in [0, 0.1) is 0 Å². The van der Waals surface area contributed by atoms with Gasteiger partial charge in [-0.25, -0.2) is 8.42 Å². The third-order valence-corrected chi connectivity index (χ3v) is 5.06. The van der Waals surface area contributed by atoms with Gasteiger partial charge in [-0.15, -0.1) is 10.2 Å². The van der Waals surface area contributed by atoms with Crippen LogP contribution < -0.4 is 10.0 Å². The Morgan fingerprint density at radius 1 is 0.846 bits per heavy atom. The molecular formula is C18H17ClN4O2S. The molecule has 0 saturated heterocycles. The van der Waals surface area contributed by atoms with Gasteiger partial charge < -0.3 is 5.32 Å². The van der Waals surface area contributed by atoms with Crippen LogP contribution in [0.25, 0.3) is 0 Å². The van der Waals surface area contributed by atoms with Crippen molar-refractivity contribution in [3.05, 3.63) is 77.3 Å². The zero-order chi connectivity index (χ0) is 18.4. The second kappa shape index (κ2) is 8.16. The number of anilines is 3. The van der Waals surface area contributed by atoms with E-state index in [1.165, 1.54) is 0 Å². The first-order valence-corrected chi connectivity index (χ1v) is 9.94. The molecule has 0 aliphatic rings. The van der Waals surface area contributed by atoms with Crippen molar-refractivity contribution in [3.63, 3.8) is 0 Å². The Morgan fingerprint density at radius 3 is 2.15 bits per heavy atom. The second-order valence-corrected chi connectivity index (χ2v) is 7.87. The van der Waals surface area contributed by atoms with Crippen LogP contribution in [0.4, 0.5) is 17.3 Å². The SMILES string of the molecule is O=S(=O)(CCc1ccccc1)Nc1ccc(Nc2ccc(Cl)cc2)nn1. The van der Waals surface area contributed by atoms with Crippen molar-refractivity contribution >= 4 is 38.9 Å². The minimum absolute atomic E-state index is 0.0243. The molecule has 134 valence electrons. The zero-order valence-electron chi connectivity index (χ0n) is 13.8. The maximum atomic E-state index is 12.2. The molecule has 2 aromatic carbocycles. The highest BCUT2D eigenvalue weighted by atomic mass is 35.5. The summed E-state index contributed by atoms with van der Waals surface area (Å²) in [4.78, 5) is 0. The van der Waals surface area contributed by atoms with Crippen LogP contribution in [0.15, 0.2) is 66.7 Å². The summed E-state index contributed by atoms with van der Waals surface area (Å²) in [5.74, 6) is 0.656. The molecule has 8 heteroatoms. The van der Waals surface area contributed by atoms with Gasteiger partial charge in [-0.1, -0.05) is 41.9 Å². The minimum Gasteiger partial charge on any atom is -0.339 e. The molecule has 3 aromatic rings. The van der Waals surface area contributed by atoms with Gasteiger partial charge in [0.25, 0.3) is 0 Å². The highest BCUT2D eigenvalue weighted by molar-refractivity contribution is 7.92. The molecule has 0 spiro atoms. The molecule has 3 rings (SSSR count). The van der Waals surface area contributed by atoms with E-state index in [0.29, 0.717) is 17.3 Å². The Labute approximate surface area is 157 Å². The summed E-state index contributed by atoms with van der Waals surface area (Å²) < 4.78 is 26.8. The Balaban J connectivity index is 1.58. The molecule has 0 saturated carbocycles. The number of rotatable bonds is 7. The molecule has 0 radical (unpaired) electrons. The van der Waals surface area contributed by atoms with Crippen LogP contribution >= 0.6 is 11.6 Å². The summed E-state index contributed by atoms with van der Waals surface area (Å²) in [6, 6.07) is 19.8. The topological polar surface area (TPSA) is 84.0 Å². The van der Waals surface area contributed by atoms with Crippen LogP contribution in [0.5, 0.6) is 0 Å². The monoisotopic (exact) mass is 388 g/mol. The summed E-state index contributed by atoms with van der Waals surface area (Å²) in [6.07, 6.45) is 0.430. The van der Waals surface area contributed by atoms with Crippen molar-refractivity contribution in [2.75, 3.05) is 15.8 Å². The van der Waals surface area contributed by atoms with Crippen molar-refractivity contribution in [2.45, 2.75) is 6.42 Å². The fraction of sp³-hybridized carbons (Fsp3) is 0.111. The summed E-state index contributed by atoms with van der Waals surface area (Å²) in [7, 11) is -3.50. The zero-order valence-corrected chi connectivity index (χ0v) is 15.3. The van der Waals surface area contributed by atoms with Crippen LogP contribution in [0.3, 0.4) is 0 Å². The fourth-order valence-electron chi connectivity index (χ4n) is 2.24. The quantitative estimate of drug-likeness (QED) is 0.642. The largest absolute Gasteiger partial charge is 0.339 e. The van der Waals surface area contributed by atoms with Crippen LogP contribution in [-0.2, 0) is 16.4 Å². The first-order chi connectivity index (χ1) is 12.5. The lowest BCUT2D eigenvalue weighted by Crippen LogP contribution is -2.19. The third kappa shape index (κ3) is 5.44. The first kappa shape index (κ1) is 18.2. The van der Waals surface area contributed by atoms with Crippen molar-refractivity contribution in [2.24, 2.45) is 0 Å². The highest BCUT2D eigenvalue weighted by Crippen LogP contribution is 2.18. The molecule has 1 heterocycles. The van der Waals surface area contributed by atoms with E-state index < -0.39 is 10.0 Å². The molecule has 0 atom stereocenters. The number of nitrogens with zero attached hydrogens (tertiary/aromatic N) is 2. The number of benzene rings is 2. The number of aryl methyl sites for hydroxylation is 1. The lowest BCUT2D eigenvalue weighted by molar-refractivity contribution is 0.600. The van der Waals surface area contributed by atoms with E-state index >= 15 is 0 Å². The van der Waals surface area contributed by atoms with Gasteiger partial charge in [0.1, 0.15) is 0 Å². The number of nitrogens with one attached hydrogen (secondary N) is 2. The number of hydrogen-bond donors (Lipinski definition) is 2. The van der Waals surface area contributed by atoms with Gasteiger partial charge in [0.05, 0.1) is 5.75 Å². The van der Waals surface area contributed by atoms with E-state index in [9.17, 15) is 8.42 Å². The van der Waals surface area contributed by atoms with Crippen molar-refractivity contribution in [3.8, 4) is 0 Å². The Hall–Kier alpha value is -2.64. The normalized spacial score (nSPS) is 11.1. The average Bonchev–Trinajstić information content (AvgIpc) is 2.64. The Kier molecular flexibility index (Phi) is 5.70. The molecule has 1 aromatic heterocycles. The van der Waals surface area contributed by atoms with Crippen LogP contribution in [0.1, 0.15) is 5.56 Å². The number of hydrogen-bond acceptors (Lipinski definition) is 5. The number of halogens is 1. The maximum absolute atomic E-state index is 12.2. The van der Waals surface area contributed by atoms with E-state index in [4.69, 9.17) is 11.6 Å². The molecule has 0 aliphatic heterocycles. The third-order valence-electron chi connectivity index (χ3n) is 3.54. The summed E-state index contributed by atoms with van der Waals surface area (Å²) in [6.45, 7) is 0. The minimum atomic E-state index is -3.50. The van der Waals surface area contributed by atoms with Gasteiger partial charge in [-0.05, 0) is 48.4 Å². The molecule has 0 amide bonds. The lowest BCUT2D eigenvalue weighted by Gasteiger charge is -2.08. The smallest absolute Gasteiger partial charge is 0.234 e. The molecule has 0 aliphatic carbocycles.